The average Bonchev–Trinajstić information content (AvgIpc) is 2.29. The standard InChI is InChI=1S/C13H24O2/c1-7-10(2)8-9-11-12(3,4)15-13(5,6)14-11/h7,10-11H,1,8-9H2,2-6H3/t10-,11-/m0/s1. The molecule has 1 fully saturated rings. The highest BCUT2D eigenvalue weighted by Crippen LogP contribution is 2.38. The first kappa shape index (κ1) is 12.7. The fourth-order valence-electron chi connectivity index (χ4n) is 2.15. The molecule has 1 aliphatic heterocycles. The van der Waals surface area contributed by atoms with Gasteiger partial charge in [0.25, 0.3) is 0 Å². The normalized spacial score (nSPS) is 30.1. The topological polar surface area (TPSA) is 18.5 Å². The maximum absolute atomic E-state index is 5.90. The second-order valence-electron chi connectivity index (χ2n) is 5.50. The van der Waals surface area contributed by atoms with E-state index in [0.29, 0.717) is 5.92 Å². The summed E-state index contributed by atoms with van der Waals surface area (Å²) in [6.45, 7) is 14.1. The van der Waals surface area contributed by atoms with Gasteiger partial charge in [0, 0.05) is 0 Å². The van der Waals surface area contributed by atoms with E-state index in [9.17, 15) is 0 Å². The van der Waals surface area contributed by atoms with E-state index in [2.05, 4.69) is 27.4 Å². The van der Waals surface area contributed by atoms with Crippen LogP contribution in [0.1, 0.15) is 47.5 Å². The van der Waals surface area contributed by atoms with Crippen LogP contribution in [0.15, 0.2) is 12.7 Å². The molecule has 0 aromatic heterocycles. The largest absolute Gasteiger partial charge is 0.344 e. The first-order chi connectivity index (χ1) is 6.77. The van der Waals surface area contributed by atoms with Gasteiger partial charge >= 0.3 is 0 Å². The van der Waals surface area contributed by atoms with E-state index >= 15 is 0 Å². The lowest BCUT2D eigenvalue weighted by Gasteiger charge is -2.24. The van der Waals surface area contributed by atoms with Crippen molar-refractivity contribution in [3.05, 3.63) is 12.7 Å². The van der Waals surface area contributed by atoms with Gasteiger partial charge in [-0.2, -0.15) is 0 Å². The van der Waals surface area contributed by atoms with E-state index in [-0.39, 0.29) is 11.7 Å². The number of rotatable bonds is 4. The highest BCUT2D eigenvalue weighted by Gasteiger charge is 2.46. The van der Waals surface area contributed by atoms with Crippen LogP contribution in [0.5, 0.6) is 0 Å². The number of hydrogen-bond donors (Lipinski definition) is 0. The SMILES string of the molecule is C=C[C@H](C)CC[C@@H]1OC(C)(C)OC1(C)C. The summed E-state index contributed by atoms with van der Waals surface area (Å²) in [6.07, 6.45) is 4.32. The van der Waals surface area contributed by atoms with Crippen molar-refractivity contribution >= 4 is 0 Å². The first-order valence-electron chi connectivity index (χ1n) is 5.77. The lowest BCUT2D eigenvalue weighted by Crippen LogP contribution is -2.33. The third kappa shape index (κ3) is 3.32. The van der Waals surface area contributed by atoms with Gasteiger partial charge in [-0.05, 0) is 46.5 Å². The summed E-state index contributed by atoms with van der Waals surface area (Å²) in [5.74, 6) is 0.110. The minimum Gasteiger partial charge on any atom is -0.344 e. The molecule has 0 N–H and O–H groups in total. The Morgan fingerprint density at radius 1 is 1.33 bits per heavy atom. The number of allylic oxidation sites excluding steroid dienone is 1. The van der Waals surface area contributed by atoms with Gasteiger partial charge in [-0.1, -0.05) is 13.0 Å². The number of ether oxygens (including phenoxy) is 2. The molecule has 0 radical (unpaired) electrons. The Hall–Kier alpha value is -0.340. The van der Waals surface area contributed by atoms with E-state index in [1.54, 1.807) is 0 Å². The predicted octanol–water partition coefficient (Wildman–Crippen LogP) is 3.52. The second-order valence-corrected chi connectivity index (χ2v) is 5.50. The van der Waals surface area contributed by atoms with Gasteiger partial charge in [-0.3, -0.25) is 0 Å². The molecule has 15 heavy (non-hydrogen) atoms. The zero-order chi connectivity index (χ0) is 11.7. The summed E-state index contributed by atoms with van der Waals surface area (Å²) in [6, 6.07) is 0. The average molecular weight is 212 g/mol. The fraction of sp³-hybridized carbons (Fsp3) is 0.846. The second kappa shape index (κ2) is 4.26. The summed E-state index contributed by atoms with van der Waals surface area (Å²) in [5.41, 5.74) is -0.176. The van der Waals surface area contributed by atoms with Crippen LogP contribution in [0, 0.1) is 5.92 Å². The van der Waals surface area contributed by atoms with Crippen LogP contribution in [0.2, 0.25) is 0 Å². The quantitative estimate of drug-likeness (QED) is 0.664. The Labute approximate surface area is 93.7 Å². The molecule has 0 aliphatic carbocycles. The molecule has 2 nitrogen and oxygen atoms in total. The molecule has 0 aromatic carbocycles. The van der Waals surface area contributed by atoms with Crippen LogP contribution in [0.3, 0.4) is 0 Å². The summed E-state index contributed by atoms with van der Waals surface area (Å²) in [5, 5.41) is 0. The van der Waals surface area contributed by atoms with Gasteiger partial charge < -0.3 is 9.47 Å². The molecule has 2 heteroatoms. The van der Waals surface area contributed by atoms with Crippen LogP contribution in [0.25, 0.3) is 0 Å². The van der Waals surface area contributed by atoms with E-state index in [4.69, 9.17) is 9.47 Å². The molecule has 0 bridgehead atoms. The lowest BCUT2D eigenvalue weighted by molar-refractivity contribution is -0.157. The van der Waals surface area contributed by atoms with E-state index in [1.165, 1.54) is 0 Å². The van der Waals surface area contributed by atoms with Gasteiger partial charge in [0.1, 0.15) is 0 Å². The predicted molar refractivity (Wildman–Crippen MR) is 62.7 cm³/mol. The highest BCUT2D eigenvalue weighted by atomic mass is 16.8. The molecule has 2 atom stereocenters. The van der Waals surface area contributed by atoms with Gasteiger partial charge in [0.15, 0.2) is 5.79 Å². The van der Waals surface area contributed by atoms with Crippen molar-refractivity contribution < 1.29 is 9.47 Å². The lowest BCUT2D eigenvalue weighted by atomic mass is 9.94. The molecular weight excluding hydrogens is 188 g/mol. The molecular formula is C13H24O2. The fourth-order valence-corrected chi connectivity index (χ4v) is 2.15. The van der Waals surface area contributed by atoms with Crippen LogP contribution < -0.4 is 0 Å². The van der Waals surface area contributed by atoms with Crippen molar-refractivity contribution in [3.8, 4) is 0 Å². The molecule has 0 amide bonds. The van der Waals surface area contributed by atoms with Crippen molar-refractivity contribution in [1.82, 2.24) is 0 Å². The Morgan fingerprint density at radius 3 is 2.33 bits per heavy atom. The van der Waals surface area contributed by atoms with Gasteiger partial charge in [-0.25, -0.2) is 0 Å². The summed E-state index contributed by atoms with van der Waals surface area (Å²) in [4.78, 5) is 0. The van der Waals surface area contributed by atoms with Gasteiger partial charge in [0.2, 0.25) is 0 Å². The van der Waals surface area contributed by atoms with Crippen molar-refractivity contribution in [2.24, 2.45) is 5.92 Å². The zero-order valence-corrected chi connectivity index (χ0v) is 10.7. The smallest absolute Gasteiger partial charge is 0.164 e. The van der Waals surface area contributed by atoms with Crippen molar-refractivity contribution in [2.75, 3.05) is 0 Å². The molecule has 1 saturated heterocycles. The van der Waals surface area contributed by atoms with Crippen LogP contribution >= 0.6 is 0 Å². The molecule has 0 aromatic rings. The van der Waals surface area contributed by atoms with Crippen molar-refractivity contribution in [3.63, 3.8) is 0 Å². The molecule has 0 unspecified atom stereocenters. The Morgan fingerprint density at radius 2 is 1.93 bits per heavy atom. The first-order valence-corrected chi connectivity index (χ1v) is 5.77. The highest BCUT2D eigenvalue weighted by molar-refractivity contribution is 4.90. The molecule has 0 spiro atoms. The van der Waals surface area contributed by atoms with Crippen molar-refractivity contribution in [2.45, 2.75) is 65.0 Å². The maximum Gasteiger partial charge on any atom is 0.164 e. The van der Waals surface area contributed by atoms with Crippen molar-refractivity contribution in [1.29, 1.82) is 0 Å². The van der Waals surface area contributed by atoms with E-state index in [1.807, 2.05) is 19.9 Å². The van der Waals surface area contributed by atoms with E-state index in [0.717, 1.165) is 12.8 Å². The Kier molecular flexibility index (Phi) is 3.62. The monoisotopic (exact) mass is 212 g/mol. The third-order valence-electron chi connectivity index (χ3n) is 3.00. The number of hydrogen-bond acceptors (Lipinski definition) is 2. The van der Waals surface area contributed by atoms with Gasteiger partial charge in [-0.15, -0.1) is 6.58 Å². The van der Waals surface area contributed by atoms with Crippen LogP contribution in [-0.4, -0.2) is 17.5 Å². The molecule has 1 rings (SSSR count). The summed E-state index contributed by atoms with van der Waals surface area (Å²) < 4.78 is 11.8. The molecule has 1 heterocycles. The van der Waals surface area contributed by atoms with E-state index < -0.39 is 5.79 Å². The maximum atomic E-state index is 5.90. The minimum absolute atomic E-state index is 0.176. The Balaban J connectivity index is 2.52. The third-order valence-corrected chi connectivity index (χ3v) is 3.00. The Bertz CT molecular complexity index is 231. The minimum atomic E-state index is -0.439. The molecule has 1 aliphatic rings. The van der Waals surface area contributed by atoms with Crippen LogP contribution in [0.4, 0.5) is 0 Å². The molecule has 0 saturated carbocycles. The zero-order valence-electron chi connectivity index (χ0n) is 10.7. The summed E-state index contributed by atoms with van der Waals surface area (Å²) >= 11 is 0. The summed E-state index contributed by atoms with van der Waals surface area (Å²) in [7, 11) is 0. The molecule has 88 valence electrons. The van der Waals surface area contributed by atoms with Gasteiger partial charge in [0.05, 0.1) is 11.7 Å². The van der Waals surface area contributed by atoms with Crippen LogP contribution in [-0.2, 0) is 9.47 Å².